The molecule has 32 heavy (non-hydrogen) atoms. The van der Waals surface area contributed by atoms with Crippen LogP contribution in [-0.2, 0) is 9.59 Å². The van der Waals surface area contributed by atoms with Crippen molar-refractivity contribution in [2.45, 2.75) is 12.5 Å². The molecule has 1 atom stereocenters. The van der Waals surface area contributed by atoms with Gasteiger partial charge in [0.15, 0.2) is 23.4 Å². The molecule has 0 spiro atoms. The van der Waals surface area contributed by atoms with Crippen molar-refractivity contribution in [3.8, 4) is 0 Å². The predicted molar refractivity (Wildman–Crippen MR) is 104 cm³/mol. The molecule has 170 valence electrons. The Morgan fingerprint density at radius 1 is 1.06 bits per heavy atom. The molecular weight excluding hydrogens is 438 g/mol. The van der Waals surface area contributed by atoms with Crippen molar-refractivity contribution in [1.29, 1.82) is 5.41 Å². The number of carboxylic acid groups (broad SMARTS) is 1. The molecule has 2 rings (SSSR count). The van der Waals surface area contributed by atoms with Crippen LogP contribution in [0.5, 0.6) is 0 Å². The Labute approximate surface area is 178 Å². The molecule has 0 saturated heterocycles. The van der Waals surface area contributed by atoms with Crippen LogP contribution in [0.2, 0.25) is 0 Å². The second-order valence-corrected chi connectivity index (χ2v) is 6.40. The first-order valence-electron chi connectivity index (χ1n) is 8.83. The lowest BCUT2D eigenvalue weighted by molar-refractivity contribution is -0.137. The molecule has 7 N–H and O–H groups in total. The largest absolute Gasteiger partial charge is 0.481 e. The maximum absolute atomic E-state index is 14.0. The number of guanidine groups is 1. The smallest absolute Gasteiger partial charge is 0.305 e. The molecule has 0 heterocycles. The number of aliphatic carboxylic acids is 1. The van der Waals surface area contributed by atoms with E-state index in [1.54, 1.807) is 0 Å². The van der Waals surface area contributed by atoms with Crippen LogP contribution in [0.4, 0.5) is 23.2 Å². The molecule has 2 amide bonds. The summed E-state index contributed by atoms with van der Waals surface area (Å²) in [6.07, 6.45) is -1.04. The molecule has 0 aliphatic rings. The number of anilines is 1. The van der Waals surface area contributed by atoms with Crippen LogP contribution < -0.4 is 21.7 Å². The van der Waals surface area contributed by atoms with Crippen LogP contribution >= 0.6 is 0 Å². The number of hydrogen-bond acceptors (Lipinski definition) is 4. The minimum absolute atomic E-state index is 0.0264. The van der Waals surface area contributed by atoms with Gasteiger partial charge >= 0.3 is 5.97 Å². The summed E-state index contributed by atoms with van der Waals surface area (Å²) in [4.78, 5) is 35.4. The van der Waals surface area contributed by atoms with Gasteiger partial charge in [-0.25, -0.2) is 17.6 Å². The predicted octanol–water partition coefficient (Wildman–Crippen LogP) is 1.61. The summed E-state index contributed by atoms with van der Waals surface area (Å²) in [5, 5.41) is 22.8. The van der Waals surface area contributed by atoms with E-state index in [9.17, 15) is 31.9 Å². The maximum Gasteiger partial charge on any atom is 0.305 e. The van der Waals surface area contributed by atoms with Crippen molar-refractivity contribution in [3.63, 3.8) is 0 Å². The second kappa shape index (κ2) is 10.2. The molecule has 13 heteroatoms. The van der Waals surface area contributed by atoms with Crippen molar-refractivity contribution in [1.82, 2.24) is 10.6 Å². The molecule has 2 aromatic rings. The van der Waals surface area contributed by atoms with Crippen molar-refractivity contribution in [2.75, 3.05) is 11.9 Å². The Morgan fingerprint density at radius 3 is 2.38 bits per heavy atom. The standard InChI is InChI=1S/C19H17F4N5O4/c20-10-5-11(21)16(22)17(23)15(10)12(6-14(30)31)28-13(29)7-26-18(32)8-2-1-3-9(4-8)27-19(24)25/h1-5,12H,6-7H2,(H,26,32)(H,28,29)(H,30,31)(H4,24,25,27). The fourth-order valence-corrected chi connectivity index (χ4v) is 2.70. The van der Waals surface area contributed by atoms with E-state index in [-0.39, 0.29) is 17.6 Å². The van der Waals surface area contributed by atoms with Gasteiger partial charge in [0, 0.05) is 22.9 Å². The molecule has 0 saturated carbocycles. The Bertz CT molecular complexity index is 1080. The highest BCUT2D eigenvalue weighted by atomic mass is 19.2. The number of rotatable bonds is 8. The number of carboxylic acids is 1. The molecular formula is C19H17F4N5O4. The van der Waals surface area contributed by atoms with E-state index < -0.39 is 65.6 Å². The topological polar surface area (TPSA) is 157 Å². The van der Waals surface area contributed by atoms with Crippen LogP contribution in [0.1, 0.15) is 28.4 Å². The number of nitrogens with two attached hydrogens (primary N) is 1. The fraction of sp³-hybridized carbons (Fsp3) is 0.158. The molecule has 2 aromatic carbocycles. The Balaban J connectivity index is 2.12. The van der Waals surface area contributed by atoms with E-state index in [0.717, 1.165) is 0 Å². The number of hydrogen-bond donors (Lipinski definition) is 6. The first-order chi connectivity index (χ1) is 15.0. The van der Waals surface area contributed by atoms with Gasteiger partial charge in [-0.1, -0.05) is 6.07 Å². The first-order valence-corrected chi connectivity index (χ1v) is 8.83. The third-order valence-electron chi connectivity index (χ3n) is 4.03. The summed E-state index contributed by atoms with van der Waals surface area (Å²) in [7, 11) is 0. The third kappa shape index (κ3) is 6.17. The highest BCUT2D eigenvalue weighted by Crippen LogP contribution is 2.27. The minimum Gasteiger partial charge on any atom is -0.481 e. The summed E-state index contributed by atoms with van der Waals surface area (Å²) in [6.45, 7) is -0.730. The maximum atomic E-state index is 14.0. The zero-order valence-electron chi connectivity index (χ0n) is 16.1. The van der Waals surface area contributed by atoms with E-state index >= 15 is 0 Å². The van der Waals surface area contributed by atoms with Gasteiger partial charge in [0.1, 0.15) is 5.82 Å². The molecule has 0 aromatic heterocycles. The van der Waals surface area contributed by atoms with E-state index in [4.69, 9.17) is 16.2 Å². The lowest BCUT2D eigenvalue weighted by atomic mass is 10.0. The zero-order valence-corrected chi connectivity index (χ0v) is 16.1. The third-order valence-corrected chi connectivity index (χ3v) is 4.03. The summed E-state index contributed by atoms with van der Waals surface area (Å²) in [5.74, 6) is -11.2. The van der Waals surface area contributed by atoms with Gasteiger partial charge in [-0.3, -0.25) is 19.8 Å². The minimum atomic E-state index is -2.03. The molecule has 0 aliphatic carbocycles. The Morgan fingerprint density at radius 2 is 1.75 bits per heavy atom. The average Bonchev–Trinajstić information content (AvgIpc) is 2.69. The highest BCUT2D eigenvalue weighted by molar-refractivity contribution is 5.98. The Hall–Kier alpha value is -4.16. The number of halogens is 4. The summed E-state index contributed by atoms with van der Waals surface area (Å²) in [5.41, 5.74) is 4.42. The monoisotopic (exact) mass is 455 g/mol. The summed E-state index contributed by atoms with van der Waals surface area (Å²) in [6, 6.07) is 3.85. The van der Waals surface area contributed by atoms with Crippen molar-refractivity contribution < 1.29 is 37.1 Å². The van der Waals surface area contributed by atoms with E-state index in [1.165, 1.54) is 24.3 Å². The van der Waals surface area contributed by atoms with Gasteiger partial charge in [0.25, 0.3) is 5.91 Å². The van der Waals surface area contributed by atoms with Gasteiger partial charge in [0.05, 0.1) is 19.0 Å². The fourth-order valence-electron chi connectivity index (χ4n) is 2.70. The van der Waals surface area contributed by atoms with Crippen LogP contribution in [-0.4, -0.2) is 35.4 Å². The molecule has 0 fully saturated rings. The average molecular weight is 455 g/mol. The van der Waals surface area contributed by atoms with E-state index in [2.05, 4.69) is 10.6 Å². The lowest BCUT2D eigenvalue weighted by Crippen LogP contribution is -2.40. The van der Waals surface area contributed by atoms with Gasteiger partial charge < -0.3 is 26.8 Å². The van der Waals surface area contributed by atoms with Gasteiger partial charge in [0.2, 0.25) is 5.91 Å². The number of carbonyl (C=O) groups is 3. The quantitative estimate of drug-likeness (QED) is 0.117. The van der Waals surface area contributed by atoms with Crippen molar-refractivity contribution in [3.05, 3.63) is 64.7 Å². The molecule has 0 bridgehead atoms. The number of carbonyl (C=O) groups excluding carboxylic acids is 2. The first kappa shape index (κ1) is 24.1. The zero-order chi connectivity index (χ0) is 24.0. The van der Waals surface area contributed by atoms with Gasteiger partial charge in [-0.2, -0.15) is 0 Å². The second-order valence-electron chi connectivity index (χ2n) is 6.40. The summed E-state index contributed by atoms with van der Waals surface area (Å²) >= 11 is 0. The van der Waals surface area contributed by atoms with Crippen LogP contribution in [0.3, 0.4) is 0 Å². The normalized spacial score (nSPS) is 11.4. The van der Waals surface area contributed by atoms with E-state index in [1.807, 2.05) is 5.32 Å². The van der Waals surface area contributed by atoms with Crippen LogP contribution in [0, 0.1) is 28.7 Å². The van der Waals surface area contributed by atoms with Gasteiger partial charge in [-0.15, -0.1) is 0 Å². The molecule has 1 unspecified atom stereocenters. The highest BCUT2D eigenvalue weighted by Gasteiger charge is 2.28. The number of benzene rings is 2. The molecule has 0 radical (unpaired) electrons. The van der Waals surface area contributed by atoms with Crippen molar-refractivity contribution in [2.24, 2.45) is 5.73 Å². The van der Waals surface area contributed by atoms with Crippen molar-refractivity contribution >= 4 is 29.4 Å². The number of nitrogens with one attached hydrogen (secondary N) is 4. The van der Waals surface area contributed by atoms with Crippen LogP contribution in [0.25, 0.3) is 0 Å². The van der Waals surface area contributed by atoms with E-state index in [0.29, 0.717) is 5.69 Å². The Kier molecular flexibility index (Phi) is 7.71. The molecule has 0 aliphatic heterocycles. The molecule has 9 nitrogen and oxygen atoms in total. The number of amides is 2. The van der Waals surface area contributed by atoms with Crippen LogP contribution in [0.15, 0.2) is 30.3 Å². The van der Waals surface area contributed by atoms with Gasteiger partial charge in [-0.05, 0) is 18.2 Å². The SMILES string of the molecule is N=C(N)Nc1cccc(C(=O)NCC(=O)NC(CC(=O)O)c2c(F)cc(F)c(F)c2F)c1. The lowest BCUT2D eigenvalue weighted by Gasteiger charge is -2.19. The summed E-state index contributed by atoms with van der Waals surface area (Å²) < 4.78 is 54.7.